The summed E-state index contributed by atoms with van der Waals surface area (Å²) in [5.74, 6) is -1.29. The standard InChI is InChI=1S/C38H39F3N6O6S/c39-38(40,41)33-29(34(48)45-37(35(49)50)23-15-21-14-22(17-23)18-24(37)16-21)6-7-31(44-33)30-20-47(54(51,52)27-3-4-27)32-19-26(2-5-28(30)32)53-25-8-12-46(13-9-25)36-42-10-1-11-43-36/h1-2,5-7,10-11,19-25,27H,3-4,8-9,12-18H2,(H,45,48)(H,49,50). The quantitative estimate of drug-likeness (QED) is 0.210. The lowest BCUT2D eigenvalue weighted by molar-refractivity contribution is -0.163. The van der Waals surface area contributed by atoms with E-state index in [-0.39, 0.29) is 34.7 Å². The number of hydrogen-bond donors (Lipinski definition) is 2. The van der Waals surface area contributed by atoms with Crippen LogP contribution >= 0.6 is 0 Å². The second-order valence-corrected chi connectivity index (χ2v) is 17.7. The van der Waals surface area contributed by atoms with Gasteiger partial charge in [-0.15, -0.1) is 0 Å². The first kappa shape index (κ1) is 35.0. The van der Waals surface area contributed by atoms with Crippen molar-refractivity contribution in [2.75, 3.05) is 18.0 Å². The maximum atomic E-state index is 14.8. The Labute approximate surface area is 309 Å². The van der Waals surface area contributed by atoms with Gasteiger partial charge in [0.05, 0.1) is 22.0 Å². The molecule has 1 aromatic carbocycles. The minimum Gasteiger partial charge on any atom is -0.490 e. The van der Waals surface area contributed by atoms with Crippen LogP contribution in [0.5, 0.6) is 5.75 Å². The van der Waals surface area contributed by atoms with Crippen LogP contribution < -0.4 is 15.0 Å². The minimum absolute atomic E-state index is 0.137. The molecule has 54 heavy (non-hydrogen) atoms. The van der Waals surface area contributed by atoms with Crippen LogP contribution in [0, 0.1) is 23.7 Å². The third-order valence-corrected chi connectivity index (χ3v) is 14.5. The van der Waals surface area contributed by atoms with Crippen molar-refractivity contribution in [2.24, 2.45) is 23.7 Å². The van der Waals surface area contributed by atoms with Crippen LogP contribution in [-0.4, -0.2) is 74.3 Å². The molecule has 5 aliphatic carbocycles. The number of benzene rings is 1. The number of piperidine rings is 1. The Morgan fingerprint density at radius 3 is 2.20 bits per heavy atom. The Kier molecular flexibility index (Phi) is 8.21. The number of carboxylic acid groups (broad SMARTS) is 1. The van der Waals surface area contributed by atoms with Gasteiger partial charge in [-0.2, -0.15) is 13.2 Å². The lowest BCUT2D eigenvalue weighted by Crippen LogP contribution is -2.70. The number of hydrogen-bond acceptors (Lipinski definition) is 9. The number of carboxylic acids is 1. The lowest BCUT2D eigenvalue weighted by atomic mass is 9.48. The van der Waals surface area contributed by atoms with E-state index in [9.17, 15) is 36.3 Å². The molecule has 4 heterocycles. The third-order valence-electron chi connectivity index (χ3n) is 12.3. The molecule has 1 amide bonds. The molecule has 1 aliphatic heterocycles. The van der Waals surface area contributed by atoms with Crippen molar-refractivity contribution in [2.45, 2.75) is 80.9 Å². The number of fused-ring (bicyclic) bond motifs is 1. The fraction of sp³-hybridized carbons (Fsp3) is 0.500. The highest BCUT2D eigenvalue weighted by atomic mass is 32.2. The van der Waals surface area contributed by atoms with Crippen molar-refractivity contribution >= 4 is 38.8 Å². The van der Waals surface area contributed by atoms with Crippen LogP contribution in [0.2, 0.25) is 0 Å². The molecular formula is C38H39F3N6O6S. The number of ether oxygens (including phenoxy) is 1. The van der Waals surface area contributed by atoms with Crippen molar-refractivity contribution in [3.8, 4) is 17.0 Å². The second-order valence-electron chi connectivity index (χ2n) is 15.6. The fourth-order valence-corrected chi connectivity index (χ4v) is 11.5. The second kappa shape index (κ2) is 12.7. The van der Waals surface area contributed by atoms with Gasteiger partial charge in [0, 0.05) is 61.5 Å². The van der Waals surface area contributed by atoms with E-state index < -0.39 is 50.1 Å². The van der Waals surface area contributed by atoms with Gasteiger partial charge in [0.15, 0.2) is 5.69 Å². The number of rotatable bonds is 9. The van der Waals surface area contributed by atoms with Crippen molar-refractivity contribution in [1.29, 1.82) is 0 Å². The molecule has 12 nitrogen and oxygen atoms in total. The number of aromatic nitrogens is 4. The molecule has 6 fully saturated rings. The number of halogens is 3. The van der Waals surface area contributed by atoms with Crippen LogP contribution in [0.4, 0.5) is 19.1 Å². The van der Waals surface area contributed by atoms with Gasteiger partial charge in [0.1, 0.15) is 17.4 Å². The van der Waals surface area contributed by atoms with E-state index in [2.05, 4.69) is 25.2 Å². The van der Waals surface area contributed by atoms with Crippen LogP contribution in [0.25, 0.3) is 22.2 Å². The number of amides is 1. The first-order valence-electron chi connectivity index (χ1n) is 18.5. The Morgan fingerprint density at radius 1 is 0.926 bits per heavy atom. The summed E-state index contributed by atoms with van der Waals surface area (Å²) in [7, 11) is -3.90. The SMILES string of the molecule is O=C(NC1(C(=O)O)C2CC3CC(C2)CC1C3)c1ccc(-c2cn(S(=O)(=O)C3CC3)c3cc(OC4CCN(c5ncccn5)CC4)ccc23)nc1C(F)(F)F. The first-order chi connectivity index (χ1) is 25.8. The summed E-state index contributed by atoms with van der Waals surface area (Å²) in [6.07, 6.45) is 5.19. The molecule has 4 aromatic rings. The van der Waals surface area contributed by atoms with Gasteiger partial charge in [-0.25, -0.2) is 32.1 Å². The predicted octanol–water partition coefficient (Wildman–Crippen LogP) is 5.91. The summed E-state index contributed by atoms with van der Waals surface area (Å²) >= 11 is 0. The summed E-state index contributed by atoms with van der Waals surface area (Å²) in [6.45, 7) is 1.32. The highest BCUT2D eigenvalue weighted by Crippen LogP contribution is 2.58. The Morgan fingerprint density at radius 2 is 1.59 bits per heavy atom. The average Bonchev–Trinajstić information content (AvgIpc) is 3.94. The molecule has 0 unspecified atom stereocenters. The van der Waals surface area contributed by atoms with Gasteiger partial charge in [0.25, 0.3) is 5.91 Å². The number of aliphatic carboxylic acids is 1. The van der Waals surface area contributed by atoms with E-state index >= 15 is 0 Å². The predicted molar refractivity (Wildman–Crippen MR) is 190 cm³/mol. The average molecular weight is 765 g/mol. The zero-order chi connectivity index (χ0) is 37.6. The highest BCUT2D eigenvalue weighted by Gasteiger charge is 2.62. The van der Waals surface area contributed by atoms with E-state index in [1.165, 1.54) is 12.3 Å². The van der Waals surface area contributed by atoms with E-state index in [4.69, 9.17) is 4.74 Å². The molecular weight excluding hydrogens is 726 g/mol. The Balaban J connectivity index is 1.04. The summed E-state index contributed by atoms with van der Waals surface area (Å²) in [5.41, 5.74) is -3.70. The van der Waals surface area contributed by atoms with Gasteiger partial charge in [0.2, 0.25) is 16.0 Å². The molecule has 284 valence electrons. The van der Waals surface area contributed by atoms with Crippen molar-refractivity contribution in [1.82, 2.24) is 24.2 Å². The molecule has 0 spiro atoms. The smallest absolute Gasteiger partial charge is 0.434 e. The largest absolute Gasteiger partial charge is 0.490 e. The fourth-order valence-electron chi connectivity index (χ4n) is 9.81. The number of nitrogens with one attached hydrogen (secondary N) is 1. The van der Waals surface area contributed by atoms with E-state index in [1.807, 2.05) is 0 Å². The monoisotopic (exact) mass is 764 g/mol. The van der Waals surface area contributed by atoms with E-state index in [0.717, 1.165) is 16.5 Å². The molecule has 6 aliphatic rings. The number of anilines is 1. The Hall–Kier alpha value is -4.73. The van der Waals surface area contributed by atoms with E-state index in [1.54, 1.807) is 36.7 Å². The lowest BCUT2D eigenvalue weighted by Gasteiger charge is -2.59. The molecule has 3 aromatic heterocycles. The molecule has 5 saturated carbocycles. The summed E-state index contributed by atoms with van der Waals surface area (Å²) in [6, 6.07) is 8.88. The van der Waals surface area contributed by atoms with Gasteiger partial charge < -0.3 is 20.1 Å². The zero-order valence-electron chi connectivity index (χ0n) is 29.2. The zero-order valence-corrected chi connectivity index (χ0v) is 30.0. The number of pyridine rings is 1. The molecule has 4 bridgehead atoms. The highest BCUT2D eigenvalue weighted by molar-refractivity contribution is 7.91. The minimum atomic E-state index is -5.08. The third kappa shape index (κ3) is 5.87. The van der Waals surface area contributed by atoms with Crippen LogP contribution in [0.15, 0.2) is 55.0 Å². The number of alkyl halides is 3. The first-order valence-corrected chi connectivity index (χ1v) is 20.0. The van der Waals surface area contributed by atoms with E-state index in [0.29, 0.717) is 93.4 Å². The van der Waals surface area contributed by atoms with Crippen molar-refractivity contribution in [3.63, 3.8) is 0 Å². The van der Waals surface area contributed by atoms with Crippen LogP contribution in [0.1, 0.15) is 73.8 Å². The van der Waals surface area contributed by atoms with Crippen molar-refractivity contribution in [3.05, 3.63) is 66.2 Å². The van der Waals surface area contributed by atoms with Gasteiger partial charge in [-0.05, 0) is 98.9 Å². The number of carbonyl (C=O) groups excluding carboxylic acids is 1. The van der Waals surface area contributed by atoms with Crippen LogP contribution in [0.3, 0.4) is 0 Å². The summed E-state index contributed by atoms with van der Waals surface area (Å²) in [5, 5.41) is 12.8. The molecule has 10 rings (SSSR count). The maximum absolute atomic E-state index is 14.8. The molecule has 0 radical (unpaired) electrons. The summed E-state index contributed by atoms with van der Waals surface area (Å²) in [4.78, 5) is 41.2. The molecule has 16 heteroatoms. The van der Waals surface area contributed by atoms with Crippen molar-refractivity contribution < 1.29 is 41.0 Å². The topological polar surface area (TPSA) is 157 Å². The Bertz CT molecular complexity index is 2220. The maximum Gasteiger partial charge on any atom is 0.434 e. The number of nitrogens with zero attached hydrogens (tertiary/aromatic N) is 5. The molecule has 1 saturated heterocycles. The van der Waals surface area contributed by atoms with Gasteiger partial charge >= 0.3 is 12.1 Å². The van der Waals surface area contributed by atoms with Crippen LogP contribution in [-0.2, 0) is 21.0 Å². The molecule has 2 N–H and O–H groups in total. The number of carbonyl (C=O) groups is 2. The molecule has 0 atom stereocenters. The summed E-state index contributed by atoms with van der Waals surface area (Å²) < 4.78 is 79.0. The normalized spacial score (nSPS) is 27.0. The van der Waals surface area contributed by atoms with Gasteiger partial charge in [-0.3, -0.25) is 4.79 Å². The van der Waals surface area contributed by atoms with Gasteiger partial charge in [-0.1, -0.05) is 0 Å².